The molecule has 2 heterocycles. The van der Waals surface area contributed by atoms with Crippen LogP contribution in [0.15, 0.2) is 75.0 Å². The van der Waals surface area contributed by atoms with Crippen LogP contribution >= 0.6 is 0 Å². The van der Waals surface area contributed by atoms with Gasteiger partial charge < -0.3 is 9.73 Å². The third kappa shape index (κ3) is 4.56. The first kappa shape index (κ1) is 20.5. The van der Waals surface area contributed by atoms with Crippen LogP contribution in [-0.4, -0.2) is 18.4 Å². The minimum absolute atomic E-state index is 0.0303. The minimum atomic E-state index is -3.83. The summed E-state index contributed by atoms with van der Waals surface area (Å²) in [5.74, 6) is 0.0303. The lowest BCUT2D eigenvalue weighted by Gasteiger charge is -2.10. The van der Waals surface area contributed by atoms with Gasteiger partial charge in [-0.1, -0.05) is 12.1 Å². The molecular formula is C22H20N4O4S. The molecule has 0 saturated carbocycles. The Balaban J connectivity index is 1.48. The van der Waals surface area contributed by atoms with Gasteiger partial charge in [0.1, 0.15) is 5.58 Å². The van der Waals surface area contributed by atoms with Gasteiger partial charge in [0, 0.05) is 23.6 Å². The maximum absolute atomic E-state index is 12.6. The van der Waals surface area contributed by atoms with Crippen LogP contribution in [-0.2, 0) is 16.6 Å². The lowest BCUT2D eigenvalue weighted by atomic mass is 10.1. The third-order valence-electron chi connectivity index (χ3n) is 4.61. The summed E-state index contributed by atoms with van der Waals surface area (Å²) in [6, 6.07) is 15.0. The number of rotatable bonds is 6. The second kappa shape index (κ2) is 8.19. The van der Waals surface area contributed by atoms with E-state index in [1.54, 1.807) is 56.3 Å². The summed E-state index contributed by atoms with van der Waals surface area (Å²) < 4.78 is 33.1. The average molecular weight is 436 g/mol. The van der Waals surface area contributed by atoms with Crippen LogP contribution in [0.1, 0.15) is 17.0 Å². The Morgan fingerprint density at radius 1 is 0.968 bits per heavy atom. The maximum atomic E-state index is 12.6. The number of sulfonamides is 1. The van der Waals surface area contributed by atoms with Gasteiger partial charge in [0.25, 0.3) is 10.0 Å². The molecule has 8 nitrogen and oxygen atoms in total. The number of nitrogens with zero attached hydrogens (tertiary/aromatic N) is 2. The van der Waals surface area contributed by atoms with Gasteiger partial charge in [-0.05, 0) is 56.3 Å². The van der Waals surface area contributed by atoms with Crippen LogP contribution < -0.4 is 15.5 Å². The lowest BCUT2D eigenvalue weighted by molar-refractivity contribution is 0.594. The third-order valence-corrected chi connectivity index (χ3v) is 5.95. The lowest BCUT2D eigenvalue weighted by Crippen LogP contribution is -2.16. The van der Waals surface area contributed by atoms with Gasteiger partial charge in [-0.25, -0.2) is 23.1 Å². The highest BCUT2D eigenvalue weighted by Crippen LogP contribution is 2.18. The number of para-hydroxylation sites is 1. The summed E-state index contributed by atoms with van der Waals surface area (Å²) in [6.07, 6.45) is 1.43. The van der Waals surface area contributed by atoms with Crippen molar-refractivity contribution in [3.8, 4) is 0 Å². The molecule has 0 spiro atoms. The van der Waals surface area contributed by atoms with E-state index in [0.29, 0.717) is 33.6 Å². The SMILES string of the molecule is Cc1cc(C)nc(NS(=O)(=O)c2ccc(NCc3coc4ccccc4c3=O)cc2)n1. The second-order valence-electron chi connectivity index (χ2n) is 7.04. The Morgan fingerprint density at radius 2 is 1.65 bits per heavy atom. The number of nitrogens with one attached hydrogen (secondary N) is 2. The van der Waals surface area contributed by atoms with Crippen molar-refractivity contribution < 1.29 is 12.8 Å². The van der Waals surface area contributed by atoms with E-state index in [-0.39, 0.29) is 22.8 Å². The van der Waals surface area contributed by atoms with Gasteiger partial charge in [-0.2, -0.15) is 0 Å². The first-order chi connectivity index (χ1) is 14.8. The van der Waals surface area contributed by atoms with Gasteiger partial charge in [-0.15, -0.1) is 0 Å². The second-order valence-corrected chi connectivity index (χ2v) is 8.73. The molecule has 158 valence electrons. The van der Waals surface area contributed by atoms with E-state index in [1.807, 2.05) is 0 Å². The molecule has 4 rings (SSSR count). The van der Waals surface area contributed by atoms with Crippen molar-refractivity contribution in [2.24, 2.45) is 0 Å². The first-order valence-electron chi connectivity index (χ1n) is 9.50. The highest BCUT2D eigenvalue weighted by atomic mass is 32.2. The zero-order chi connectivity index (χ0) is 22.0. The molecule has 31 heavy (non-hydrogen) atoms. The molecular weight excluding hydrogens is 416 g/mol. The topological polar surface area (TPSA) is 114 Å². The van der Waals surface area contributed by atoms with E-state index >= 15 is 0 Å². The van der Waals surface area contributed by atoms with Gasteiger partial charge >= 0.3 is 0 Å². The smallest absolute Gasteiger partial charge is 0.264 e. The molecule has 2 N–H and O–H groups in total. The number of aryl methyl sites for hydroxylation is 2. The zero-order valence-electron chi connectivity index (χ0n) is 16.9. The zero-order valence-corrected chi connectivity index (χ0v) is 17.7. The molecule has 9 heteroatoms. The standard InChI is InChI=1S/C22H20N4O4S/c1-14-11-15(2)25-22(24-14)26-31(28,29)18-9-7-17(8-10-18)23-12-16-13-30-20-6-4-3-5-19(20)21(16)27/h3-11,13,23H,12H2,1-2H3,(H,24,25,26). The highest BCUT2D eigenvalue weighted by molar-refractivity contribution is 7.92. The van der Waals surface area contributed by atoms with Crippen molar-refractivity contribution in [1.29, 1.82) is 0 Å². The first-order valence-corrected chi connectivity index (χ1v) is 11.0. The Labute approximate surface area is 179 Å². The monoisotopic (exact) mass is 436 g/mol. The molecule has 0 unspecified atom stereocenters. The largest absolute Gasteiger partial charge is 0.464 e. The molecule has 0 aliphatic carbocycles. The molecule has 0 radical (unpaired) electrons. The maximum Gasteiger partial charge on any atom is 0.264 e. The highest BCUT2D eigenvalue weighted by Gasteiger charge is 2.16. The fourth-order valence-corrected chi connectivity index (χ4v) is 4.08. The summed E-state index contributed by atoms with van der Waals surface area (Å²) in [7, 11) is -3.83. The van der Waals surface area contributed by atoms with E-state index in [4.69, 9.17) is 4.42 Å². The fraction of sp³-hybridized carbons (Fsp3) is 0.136. The van der Waals surface area contributed by atoms with Gasteiger partial charge in [-0.3, -0.25) is 4.79 Å². The predicted molar refractivity (Wildman–Crippen MR) is 119 cm³/mol. The van der Waals surface area contributed by atoms with Gasteiger partial charge in [0.2, 0.25) is 5.95 Å². The summed E-state index contributed by atoms with van der Waals surface area (Å²) in [5, 5.41) is 3.63. The number of hydrogen-bond donors (Lipinski definition) is 2. The molecule has 0 amide bonds. The van der Waals surface area contributed by atoms with Crippen molar-refractivity contribution in [2.75, 3.05) is 10.0 Å². The van der Waals surface area contributed by atoms with Crippen LogP contribution in [0.2, 0.25) is 0 Å². The fourth-order valence-electron chi connectivity index (χ4n) is 3.14. The quantitative estimate of drug-likeness (QED) is 0.474. The van der Waals surface area contributed by atoms with Crippen molar-refractivity contribution in [1.82, 2.24) is 9.97 Å². The molecule has 0 saturated heterocycles. The van der Waals surface area contributed by atoms with Crippen LogP contribution in [0.25, 0.3) is 11.0 Å². The van der Waals surface area contributed by atoms with E-state index in [2.05, 4.69) is 20.0 Å². The van der Waals surface area contributed by atoms with Crippen molar-refractivity contribution in [2.45, 2.75) is 25.3 Å². The van der Waals surface area contributed by atoms with E-state index in [0.717, 1.165) is 0 Å². The normalized spacial score (nSPS) is 11.4. The van der Waals surface area contributed by atoms with E-state index < -0.39 is 10.0 Å². The van der Waals surface area contributed by atoms with Crippen LogP contribution in [0.3, 0.4) is 0 Å². The summed E-state index contributed by atoms with van der Waals surface area (Å²) in [5.41, 5.74) is 2.90. The molecule has 2 aromatic carbocycles. The molecule has 0 aliphatic rings. The molecule has 4 aromatic rings. The number of anilines is 2. The molecule has 0 fully saturated rings. The summed E-state index contributed by atoms with van der Waals surface area (Å²) in [6.45, 7) is 3.78. The van der Waals surface area contributed by atoms with Gasteiger partial charge in [0.15, 0.2) is 5.43 Å². The number of fused-ring (bicyclic) bond motifs is 1. The Hall–Kier alpha value is -3.72. The predicted octanol–water partition coefficient (Wildman–Crippen LogP) is 3.61. The summed E-state index contributed by atoms with van der Waals surface area (Å²) >= 11 is 0. The Kier molecular flexibility index (Phi) is 5.43. The van der Waals surface area contributed by atoms with Crippen molar-refractivity contribution >= 4 is 32.6 Å². The Bertz CT molecular complexity index is 1390. The summed E-state index contributed by atoms with van der Waals surface area (Å²) in [4.78, 5) is 20.8. The Morgan fingerprint density at radius 3 is 2.35 bits per heavy atom. The van der Waals surface area contributed by atoms with E-state index in [9.17, 15) is 13.2 Å². The van der Waals surface area contributed by atoms with Crippen molar-refractivity contribution in [3.05, 3.63) is 88.0 Å². The number of benzene rings is 2. The van der Waals surface area contributed by atoms with Crippen LogP contribution in [0.5, 0.6) is 0 Å². The minimum Gasteiger partial charge on any atom is -0.464 e. The van der Waals surface area contributed by atoms with Crippen molar-refractivity contribution in [3.63, 3.8) is 0 Å². The molecule has 0 aliphatic heterocycles. The average Bonchev–Trinajstić information content (AvgIpc) is 2.73. The van der Waals surface area contributed by atoms with Gasteiger partial charge in [0.05, 0.1) is 22.1 Å². The van der Waals surface area contributed by atoms with Crippen LogP contribution in [0.4, 0.5) is 11.6 Å². The number of aromatic nitrogens is 2. The number of hydrogen-bond acceptors (Lipinski definition) is 7. The molecule has 2 aromatic heterocycles. The molecule has 0 atom stereocenters. The molecule has 0 bridgehead atoms. The van der Waals surface area contributed by atoms with E-state index in [1.165, 1.54) is 18.4 Å². The van der Waals surface area contributed by atoms with Crippen LogP contribution in [0, 0.1) is 13.8 Å².